The lowest BCUT2D eigenvalue weighted by Gasteiger charge is -2.20. The molecule has 0 aliphatic rings. The lowest BCUT2D eigenvalue weighted by Crippen LogP contribution is -2.46. The maximum Gasteiger partial charge on any atom is 0.305 e. The summed E-state index contributed by atoms with van der Waals surface area (Å²) in [5.41, 5.74) is 0. The second-order valence-electron chi connectivity index (χ2n) is 12.0. The molecule has 0 spiro atoms. The lowest BCUT2D eigenvalue weighted by molar-refractivity contribution is -0.144. The summed E-state index contributed by atoms with van der Waals surface area (Å²) in [6.45, 7) is 9.49. The van der Waals surface area contributed by atoms with E-state index in [0.29, 0.717) is 31.8 Å². The van der Waals surface area contributed by atoms with Crippen molar-refractivity contribution in [3.05, 3.63) is 0 Å². The fraction of sp³-hybridized carbons (Fsp3) is 0.939. The van der Waals surface area contributed by atoms with Crippen molar-refractivity contribution in [1.82, 2.24) is 15.5 Å². The number of esters is 1. The summed E-state index contributed by atoms with van der Waals surface area (Å²) in [4.78, 5) is 27.1. The van der Waals surface area contributed by atoms with E-state index in [1.807, 2.05) is 14.1 Å². The van der Waals surface area contributed by atoms with E-state index < -0.39 is 0 Å². The molecule has 6 nitrogen and oxygen atoms in total. The number of ether oxygens (including phenoxy) is 1. The number of nitrogens with one attached hydrogen (secondary N) is 2. The Morgan fingerprint density at radius 2 is 1.26 bits per heavy atom. The van der Waals surface area contributed by atoms with Crippen molar-refractivity contribution in [2.75, 3.05) is 40.3 Å². The van der Waals surface area contributed by atoms with Gasteiger partial charge in [-0.2, -0.15) is 0 Å². The summed E-state index contributed by atoms with van der Waals surface area (Å²) < 4.78 is 5.47. The van der Waals surface area contributed by atoms with E-state index in [-0.39, 0.29) is 17.9 Å². The van der Waals surface area contributed by atoms with Crippen molar-refractivity contribution < 1.29 is 14.3 Å². The van der Waals surface area contributed by atoms with Crippen molar-refractivity contribution in [1.29, 1.82) is 0 Å². The van der Waals surface area contributed by atoms with Crippen LogP contribution in [0.2, 0.25) is 0 Å². The van der Waals surface area contributed by atoms with Gasteiger partial charge in [0.2, 0.25) is 5.91 Å². The first-order valence-corrected chi connectivity index (χ1v) is 16.7. The molecule has 0 saturated heterocycles. The molecule has 0 aliphatic carbocycles. The van der Waals surface area contributed by atoms with Gasteiger partial charge in [0.1, 0.15) is 0 Å². The summed E-state index contributed by atoms with van der Waals surface area (Å²) in [6.07, 6.45) is 23.5. The SMILES string of the molecule is CCCCCCCCCCCCCCNC(=O)C(CCCOC(=O)CCC(C)CCCCC)NCCN(C)C. The van der Waals surface area contributed by atoms with Crippen molar-refractivity contribution in [3.8, 4) is 0 Å². The van der Waals surface area contributed by atoms with Crippen LogP contribution < -0.4 is 10.6 Å². The van der Waals surface area contributed by atoms with E-state index in [9.17, 15) is 9.59 Å². The Bertz CT molecular complexity index is 556. The summed E-state index contributed by atoms with van der Waals surface area (Å²) >= 11 is 0. The largest absolute Gasteiger partial charge is 0.466 e. The van der Waals surface area contributed by atoms with Gasteiger partial charge in [-0.25, -0.2) is 0 Å². The van der Waals surface area contributed by atoms with E-state index in [1.165, 1.54) is 96.3 Å². The topological polar surface area (TPSA) is 70.7 Å². The van der Waals surface area contributed by atoms with Gasteiger partial charge in [0.25, 0.3) is 0 Å². The Hall–Kier alpha value is -1.14. The zero-order valence-corrected chi connectivity index (χ0v) is 26.8. The quantitative estimate of drug-likeness (QED) is 0.0735. The smallest absolute Gasteiger partial charge is 0.305 e. The monoisotopic (exact) mass is 554 g/mol. The molecule has 0 bridgehead atoms. The van der Waals surface area contributed by atoms with Gasteiger partial charge in [0.05, 0.1) is 12.6 Å². The van der Waals surface area contributed by atoms with Crippen LogP contribution in [-0.4, -0.2) is 63.2 Å². The van der Waals surface area contributed by atoms with Gasteiger partial charge in [-0.1, -0.05) is 117 Å². The van der Waals surface area contributed by atoms with Gasteiger partial charge >= 0.3 is 5.97 Å². The molecule has 2 atom stereocenters. The zero-order chi connectivity index (χ0) is 29.0. The molecule has 0 aromatic carbocycles. The summed E-state index contributed by atoms with van der Waals surface area (Å²) in [7, 11) is 4.07. The number of carbonyl (C=O) groups excluding carboxylic acids is 2. The molecule has 2 unspecified atom stereocenters. The van der Waals surface area contributed by atoms with Crippen LogP contribution in [0.15, 0.2) is 0 Å². The van der Waals surface area contributed by atoms with Crippen LogP contribution >= 0.6 is 0 Å². The number of amides is 1. The van der Waals surface area contributed by atoms with E-state index in [2.05, 4.69) is 36.3 Å². The van der Waals surface area contributed by atoms with Gasteiger partial charge in [-0.3, -0.25) is 9.59 Å². The minimum Gasteiger partial charge on any atom is -0.466 e. The molecular formula is C33H67N3O3. The molecule has 0 radical (unpaired) electrons. The number of nitrogens with zero attached hydrogens (tertiary/aromatic N) is 1. The van der Waals surface area contributed by atoms with Crippen molar-refractivity contribution >= 4 is 11.9 Å². The van der Waals surface area contributed by atoms with Crippen LogP contribution in [0.4, 0.5) is 0 Å². The second-order valence-corrected chi connectivity index (χ2v) is 12.0. The third-order valence-corrected chi connectivity index (χ3v) is 7.64. The van der Waals surface area contributed by atoms with E-state index in [0.717, 1.165) is 32.5 Å². The maximum atomic E-state index is 12.8. The van der Waals surface area contributed by atoms with Gasteiger partial charge in [-0.05, 0) is 45.7 Å². The Morgan fingerprint density at radius 1 is 0.692 bits per heavy atom. The minimum atomic E-state index is -0.237. The van der Waals surface area contributed by atoms with Gasteiger partial charge in [-0.15, -0.1) is 0 Å². The summed E-state index contributed by atoms with van der Waals surface area (Å²) in [6, 6.07) is -0.237. The molecule has 0 aliphatic heterocycles. The van der Waals surface area contributed by atoms with Crippen LogP contribution in [0, 0.1) is 5.92 Å². The average Bonchev–Trinajstić information content (AvgIpc) is 2.91. The number of carbonyl (C=O) groups is 2. The van der Waals surface area contributed by atoms with Crippen LogP contribution in [0.25, 0.3) is 0 Å². The Kier molecular flexibility index (Phi) is 27.6. The number of likely N-dealkylation sites (N-methyl/N-ethyl adjacent to an activating group) is 1. The molecule has 232 valence electrons. The molecule has 6 heteroatoms. The number of hydrogen-bond acceptors (Lipinski definition) is 5. The van der Waals surface area contributed by atoms with E-state index >= 15 is 0 Å². The lowest BCUT2D eigenvalue weighted by atomic mass is 9.98. The molecule has 1 amide bonds. The molecule has 2 N–H and O–H groups in total. The number of unbranched alkanes of at least 4 members (excludes halogenated alkanes) is 13. The Balaban J connectivity index is 4.03. The fourth-order valence-electron chi connectivity index (χ4n) is 4.89. The first-order chi connectivity index (χ1) is 18.9. The van der Waals surface area contributed by atoms with Crippen LogP contribution in [0.5, 0.6) is 0 Å². The van der Waals surface area contributed by atoms with Crippen LogP contribution in [0.3, 0.4) is 0 Å². The first-order valence-electron chi connectivity index (χ1n) is 16.7. The molecule has 0 aromatic heterocycles. The Morgan fingerprint density at radius 3 is 1.85 bits per heavy atom. The fourth-order valence-corrected chi connectivity index (χ4v) is 4.89. The summed E-state index contributed by atoms with van der Waals surface area (Å²) in [5, 5.41) is 6.54. The van der Waals surface area contributed by atoms with Crippen LogP contribution in [-0.2, 0) is 14.3 Å². The molecule has 0 fully saturated rings. The second kappa shape index (κ2) is 28.4. The average molecular weight is 554 g/mol. The van der Waals surface area contributed by atoms with Crippen molar-refractivity contribution in [3.63, 3.8) is 0 Å². The molecule has 0 rings (SSSR count). The number of hydrogen-bond donors (Lipinski definition) is 2. The van der Waals surface area contributed by atoms with Gasteiger partial charge < -0.3 is 20.3 Å². The third kappa shape index (κ3) is 26.8. The number of rotatable bonds is 29. The zero-order valence-electron chi connectivity index (χ0n) is 26.8. The molecule has 0 aromatic rings. The van der Waals surface area contributed by atoms with E-state index in [4.69, 9.17) is 4.74 Å². The predicted octanol–water partition coefficient (Wildman–Crippen LogP) is 7.64. The Labute approximate surface area is 243 Å². The highest BCUT2D eigenvalue weighted by Gasteiger charge is 2.17. The highest BCUT2D eigenvalue weighted by Crippen LogP contribution is 2.15. The van der Waals surface area contributed by atoms with Crippen molar-refractivity contribution in [2.45, 2.75) is 155 Å². The third-order valence-electron chi connectivity index (χ3n) is 7.64. The molecule has 39 heavy (non-hydrogen) atoms. The standard InChI is InChI=1S/C33H67N3O3/c1-6-8-10-11-12-13-14-15-16-17-18-20-26-35-33(38)31(34-27-28-36(4)5)23-21-29-39-32(37)25-24-30(3)22-19-9-7-2/h30-31,34H,6-29H2,1-5H3,(H,35,38). The normalized spacial score (nSPS) is 13.0. The molecular weight excluding hydrogens is 486 g/mol. The first kappa shape index (κ1) is 37.9. The predicted molar refractivity (Wildman–Crippen MR) is 167 cm³/mol. The maximum absolute atomic E-state index is 12.8. The van der Waals surface area contributed by atoms with E-state index in [1.54, 1.807) is 0 Å². The minimum absolute atomic E-state index is 0.0732. The van der Waals surface area contributed by atoms with Crippen LogP contribution in [0.1, 0.15) is 149 Å². The highest BCUT2D eigenvalue weighted by molar-refractivity contribution is 5.81. The van der Waals surface area contributed by atoms with Gasteiger partial charge in [0, 0.05) is 26.1 Å². The molecule has 0 saturated carbocycles. The molecule has 0 heterocycles. The van der Waals surface area contributed by atoms with Crippen molar-refractivity contribution in [2.24, 2.45) is 5.92 Å². The summed E-state index contributed by atoms with van der Waals surface area (Å²) in [5.74, 6) is 0.540. The van der Waals surface area contributed by atoms with Gasteiger partial charge in [0.15, 0.2) is 0 Å². The highest BCUT2D eigenvalue weighted by atomic mass is 16.5.